The second kappa shape index (κ2) is 4.12. The summed E-state index contributed by atoms with van der Waals surface area (Å²) >= 11 is 2.88. The number of likely N-dealkylation sites (tertiary alicyclic amines) is 1. The second-order valence-electron chi connectivity index (χ2n) is 3.66. The van der Waals surface area contributed by atoms with Gasteiger partial charge in [0.2, 0.25) is 0 Å². The lowest BCUT2D eigenvalue weighted by molar-refractivity contribution is -0.124. The lowest BCUT2D eigenvalue weighted by Gasteiger charge is -2.20. The van der Waals surface area contributed by atoms with E-state index in [4.69, 9.17) is 5.11 Å². The van der Waals surface area contributed by atoms with Crippen LogP contribution in [0.1, 0.15) is 13.3 Å². The smallest absolute Gasteiger partial charge is 0.299 e. The standard InChI is InChI=1S/C9H12BrNO2/c1-9(7-12)3-5-11(6-9)8(13)2-4-10/h12H,3,5-7H2,1H3. The summed E-state index contributed by atoms with van der Waals surface area (Å²) in [6, 6.07) is 0. The molecule has 1 fully saturated rings. The molecule has 0 aromatic carbocycles. The van der Waals surface area contributed by atoms with Crippen LogP contribution >= 0.6 is 15.9 Å². The molecule has 1 unspecified atom stereocenters. The van der Waals surface area contributed by atoms with E-state index in [2.05, 4.69) is 26.7 Å². The highest BCUT2D eigenvalue weighted by atomic mass is 79.9. The van der Waals surface area contributed by atoms with Crippen molar-refractivity contribution < 1.29 is 9.90 Å². The van der Waals surface area contributed by atoms with Crippen LogP contribution in [-0.4, -0.2) is 35.6 Å². The highest BCUT2D eigenvalue weighted by Crippen LogP contribution is 2.28. The van der Waals surface area contributed by atoms with E-state index in [-0.39, 0.29) is 17.9 Å². The zero-order valence-corrected chi connectivity index (χ0v) is 9.10. The van der Waals surface area contributed by atoms with Crippen molar-refractivity contribution in [3.8, 4) is 10.8 Å². The molecule has 13 heavy (non-hydrogen) atoms. The molecule has 1 aliphatic heterocycles. The average molecular weight is 246 g/mol. The lowest BCUT2D eigenvalue weighted by Crippen LogP contribution is -2.31. The number of hydrogen-bond donors (Lipinski definition) is 1. The van der Waals surface area contributed by atoms with Crippen molar-refractivity contribution in [2.24, 2.45) is 5.41 Å². The van der Waals surface area contributed by atoms with Crippen molar-refractivity contribution in [2.45, 2.75) is 13.3 Å². The summed E-state index contributed by atoms with van der Waals surface area (Å²) in [7, 11) is 0. The molecule has 1 N–H and O–H groups in total. The Labute approximate surface area is 86.2 Å². The van der Waals surface area contributed by atoms with Gasteiger partial charge in [0.25, 0.3) is 5.91 Å². The molecule has 0 aromatic rings. The Morgan fingerprint density at radius 1 is 1.77 bits per heavy atom. The first-order chi connectivity index (χ1) is 6.11. The molecular formula is C9H12BrNO2. The fraction of sp³-hybridized carbons (Fsp3) is 0.667. The summed E-state index contributed by atoms with van der Waals surface area (Å²) in [4.78, 5) is 15.4. The highest BCUT2D eigenvalue weighted by molar-refractivity contribution is 9.12. The molecular weight excluding hydrogens is 234 g/mol. The normalized spacial score (nSPS) is 26.8. The summed E-state index contributed by atoms with van der Waals surface area (Å²) in [6.45, 7) is 3.39. The molecule has 4 heteroatoms. The Kier molecular flexibility index (Phi) is 3.34. The van der Waals surface area contributed by atoms with E-state index >= 15 is 0 Å². The molecule has 0 radical (unpaired) electrons. The molecule has 3 nitrogen and oxygen atoms in total. The number of aliphatic hydroxyl groups excluding tert-OH is 1. The zero-order valence-electron chi connectivity index (χ0n) is 7.51. The largest absolute Gasteiger partial charge is 0.396 e. The number of carbonyl (C=O) groups is 1. The van der Waals surface area contributed by atoms with Crippen LogP contribution in [0.25, 0.3) is 0 Å². The summed E-state index contributed by atoms with van der Waals surface area (Å²) in [5.41, 5.74) is -0.135. The number of carbonyl (C=O) groups excluding carboxylic acids is 1. The van der Waals surface area contributed by atoms with Crippen molar-refractivity contribution in [2.75, 3.05) is 19.7 Å². The van der Waals surface area contributed by atoms with Gasteiger partial charge in [-0.25, -0.2) is 0 Å². The highest BCUT2D eigenvalue weighted by Gasteiger charge is 2.34. The van der Waals surface area contributed by atoms with Gasteiger partial charge in [0.15, 0.2) is 0 Å². The summed E-state index contributed by atoms with van der Waals surface area (Å²) in [6.07, 6.45) is 0.846. The number of halogens is 1. The third-order valence-electron chi connectivity index (χ3n) is 2.38. The molecule has 0 spiro atoms. The van der Waals surface area contributed by atoms with Crippen LogP contribution in [0.2, 0.25) is 0 Å². The summed E-state index contributed by atoms with van der Waals surface area (Å²) in [5, 5.41) is 9.07. The minimum Gasteiger partial charge on any atom is -0.396 e. The maximum Gasteiger partial charge on any atom is 0.299 e. The minimum absolute atomic E-state index is 0.124. The molecule has 0 saturated carbocycles. The van der Waals surface area contributed by atoms with Crippen LogP contribution in [0.15, 0.2) is 0 Å². The fourth-order valence-electron chi connectivity index (χ4n) is 1.45. The van der Waals surface area contributed by atoms with Crippen molar-refractivity contribution in [1.82, 2.24) is 4.90 Å². The van der Waals surface area contributed by atoms with Gasteiger partial charge in [-0.15, -0.1) is 0 Å². The molecule has 1 saturated heterocycles. The van der Waals surface area contributed by atoms with Crippen molar-refractivity contribution in [3.05, 3.63) is 0 Å². The van der Waals surface area contributed by atoms with Gasteiger partial charge in [-0.1, -0.05) is 6.92 Å². The Morgan fingerprint density at radius 3 is 2.92 bits per heavy atom. The third-order valence-corrected chi connectivity index (χ3v) is 2.58. The van der Waals surface area contributed by atoms with Gasteiger partial charge in [0, 0.05) is 40.4 Å². The van der Waals surface area contributed by atoms with Crippen molar-refractivity contribution in [3.63, 3.8) is 0 Å². The summed E-state index contributed by atoms with van der Waals surface area (Å²) in [5.74, 6) is 2.25. The van der Waals surface area contributed by atoms with Crippen LogP contribution in [0, 0.1) is 16.2 Å². The van der Waals surface area contributed by atoms with E-state index in [1.54, 1.807) is 4.90 Å². The van der Waals surface area contributed by atoms with Gasteiger partial charge in [-0.3, -0.25) is 4.79 Å². The Hall–Kier alpha value is -0.530. The zero-order chi connectivity index (χ0) is 9.90. The molecule has 1 amide bonds. The predicted octanol–water partition coefficient (Wildman–Crippen LogP) is 0.573. The van der Waals surface area contributed by atoms with E-state index in [1.807, 2.05) is 6.92 Å². The molecule has 72 valence electrons. The van der Waals surface area contributed by atoms with E-state index in [0.717, 1.165) is 6.42 Å². The molecule has 0 bridgehead atoms. The van der Waals surface area contributed by atoms with Crippen LogP contribution in [0.5, 0.6) is 0 Å². The van der Waals surface area contributed by atoms with Gasteiger partial charge in [0.05, 0.1) is 6.61 Å². The quantitative estimate of drug-likeness (QED) is 0.687. The number of nitrogens with zero attached hydrogens (tertiary/aromatic N) is 1. The van der Waals surface area contributed by atoms with E-state index in [0.29, 0.717) is 13.1 Å². The van der Waals surface area contributed by atoms with Gasteiger partial charge in [-0.2, -0.15) is 0 Å². The first kappa shape index (κ1) is 10.6. The third kappa shape index (κ3) is 2.45. The van der Waals surface area contributed by atoms with Crippen molar-refractivity contribution in [1.29, 1.82) is 0 Å². The molecule has 0 aromatic heterocycles. The van der Waals surface area contributed by atoms with Crippen LogP contribution < -0.4 is 0 Å². The van der Waals surface area contributed by atoms with Gasteiger partial charge >= 0.3 is 0 Å². The predicted molar refractivity (Wildman–Crippen MR) is 53.1 cm³/mol. The van der Waals surface area contributed by atoms with Crippen LogP contribution in [0.4, 0.5) is 0 Å². The fourth-order valence-corrected chi connectivity index (χ4v) is 1.62. The Balaban J connectivity index is 2.58. The summed E-state index contributed by atoms with van der Waals surface area (Å²) < 4.78 is 0. The first-order valence-electron chi connectivity index (χ1n) is 4.13. The number of rotatable bonds is 1. The molecule has 1 atom stereocenters. The first-order valence-corrected chi connectivity index (χ1v) is 4.92. The second-order valence-corrected chi connectivity index (χ2v) is 4.06. The van der Waals surface area contributed by atoms with E-state index in [1.165, 1.54) is 0 Å². The Bertz CT molecular complexity index is 269. The molecule has 1 rings (SSSR count). The maximum absolute atomic E-state index is 11.3. The van der Waals surface area contributed by atoms with E-state index in [9.17, 15) is 4.79 Å². The number of hydrogen-bond acceptors (Lipinski definition) is 2. The lowest BCUT2D eigenvalue weighted by atomic mass is 9.91. The molecule has 1 heterocycles. The Morgan fingerprint density at radius 2 is 2.46 bits per heavy atom. The van der Waals surface area contributed by atoms with Gasteiger partial charge in [-0.05, 0) is 11.3 Å². The number of amides is 1. The van der Waals surface area contributed by atoms with Crippen LogP contribution in [-0.2, 0) is 4.79 Å². The number of aliphatic hydroxyl groups is 1. The average Bonchev–Trinajstić information content (AvgIpc) is 2.50. The van der Waals surface area contributed by atoms with Crippen LogP contribution in [0.3, 0.4) is 0 Å². The monoisotopic (exact) mass is 245 g/mol. The van der Waals surface area contributed by atoms with Gasteiger partial charge in [0.1, 0.15) is 0 Å². The topological polar surface area (TPSA) is 40.5 Å². The van der Waals surface area contributed by atoms with Crippen molar-refractivity contribution >= 4 is 21.8 Å². The van der Waals surface area contributed by atoms with Gasteiger partial charge < -0.3 is 10.0 Å². The minimum atomic E-state index is -0.172. The molecule has 1 aliphatic rings. The maximum atomic E-state index is 11.3. The molecule has 0 aliphatic carbocycles. The SMILES string of the molecule is CC1(CO)CCN(C(=O)C#CBr)C1. The van der Waals surface area contributed by atoms with E-state index < -0.39 is 0 Å².